The average molecular weight is 466 g/mol. The molecular weight excluding hydrogens is 440 g/mol. The molecule has 34 heavy (non-hydrogen) atoms. The molecule has 2 N–H and O–H groups in total. The second kappa shape index (κ2) is 9.05. The summed E-state index contributed by atoms with van der Waals surface area (Å²) in [6, 6.07) is 11.1. The zero-order valence-corrected chi connectivity index (χ0v) is 19.2. The Labute approximate surface area is 196 Å². The van der Waals surface area contributed by atoms with Crippen LogP contribution in [0.3, 0.4) is 0 Å². The number of methoxy groups -OCH3 is 2. The first kappa shape index (κ1) is 23.1. The zero-order chi connectivity index (χ0) is 24.5. The van der Waals surface area contributed by atoms with Crippen LogP contribution in [0.2, 0.25) is 0 Å². The van der Waals surface area contributed by atoms with E-state index in [9.17, 15) is 19.2 Å². The topological polar surface area (TPSA) is 117 Å². The first-order chi connectivity index (χ1) is 16.3. The first-order valence-electron chi connectivity index (χ1n) is 10.8. The van der Waals surface area contributed by atoms with Crippen LogP contribution in [0.1, 0.15) is 25.3 Å². The van der Waals surface area contributed by atoms with Gasteiger partial charge in [0, 0.05) is 24.3 Å². The van der Waals surface area contributed by atoms with E-state index in [-0.39, 0.29) is 5.91 Å². The molecule has 4 rings (SSSR count). The van der Waals surface area contributed by atoms with E-state index in [1.165, 1.54) is 14.2 Å². The lowest BCUT2D eigenvalue weighted by Gasteiger charge is -2.23. The monoisotopic (exact) mass is 466 g/mol. The highest BCUT2D eigenvalue weighted by atomic mass is 16.5. The summed E-state index contributed by atoms with van der Waals surface area (Å²) >= 11 is 0. The van der Waals surface area contributed by atoms with E-state index in [0.29, 0.717) is 35.7 Å². The van der Waals surface area contributed by atoms with Gasteiger partial charge in [0.25, 0.3) is 5.91 Å². The first-order valence-corrected chi connectivity index (χ1v) is 10.8. The summed E-state index contributed by atoms with van der Waals surface area (Å²) in [7, 11) is 2.98. The summed E-state index contributed by atoms with van der Waals surface area (Å²) in [6.07, 6.45) is 1.36. The molecule has 0 spiro atoms. The van der Waals surface area contributed by atoms with Gasteiger partial charge in [0.2, 0.25) is 11.8 Å². The van der Waals surface area contributed by atoms with Crippen LogP contribution in [-0.4, -0.2) is 56.0 Å². The largest absolute Gasteiger partial charge is 0.493 e. The smallest absolute Gasteiger partial charge is 0.325 e. The lowest BCUT2D eigenvalue weighted by atomic mass is 9.91. The van der Waals surface area contributed by atoms with E-state index in [1.807, 2.05) is 0 Å². The van der Waals surface area contributed by atoms with Crippen molar-refractivity contribution in [3.05, 3.63) is 48.0 Å². The van der Waals surface area contributed by atoms with Crippen LogP contribution in [0, 0.1) is 0 Å². The highest BCUT2D eigenvalue weighted by Gasteiger charge is 2.49. The van der Waals surface area contributed by atoms with Gasteiger partial charge >= 0.3 is 6.03 Å². The van der Waals surface area contributed by atoms with Crippen molar-refractivity contribution in [1.29, 1.82) is 0 Å². The molecule has 5 amide bonds. The summed E-state index contributed by atoms with van der Waals surface area (Å²) in [5, 5.41) is 5.36. The molecule has 2 aromatic carbocycles. The number of hydrogen-bond acceptors (Lipinski definition) is 6. The number of ether oxygens (including phenoxy) is 2. The molecule has 0 aromatic heterocycles. The molecule has 10 heteroatoms. The lowest BCUT2D eigenvalue weighted by molar-refractivity contribution is -0.133. The number of amides is 5. The van der Waals surface area contributed by atoms with Crippen LogP contribution in [-0.2, 0) is 19.9 Å². The van der Waals surface area contributed by atoms with Crippen LogP contribution in [0.4, 0.5) is 16.2 Å². The van der Waals surface area contributed by atoms with Crippen molar-refractivity contribution in [2.45, 2.75) is 25.3 Å². The number of urea groups is 1. The number of hydrogen-bond donors (Lipinski definition) is 2. The molecule has 2 aliphatic heterocycles. The van der Waals surface area contributed by atoms with Crippen molar-refractivity contribution in [3.63, 3.8) is 0 Å². The third kappa shape index (κ3) is 4.14. The van der Waals surface area contributed by atoms with Gasteiger partial charge in [-0.2, -0.15) is 0 Å². The molecule has 1 atom stereocenters. The van der Waals surface area contributed by atoms with E-state index in [4.69, 9.17) is 9.47 Å². The SMILES string of the molecule is COc1ccc([C@@]2(C)NC(=O)N(CC(=O)Nc3ccc(N4CCCC4=O)cc3)C2=O)cc1OC. The summed E-state index contributed by atoms with van der Waals surface area (Å²) < 4.78 is 10.5. The quantitative estimate of drug-likeness (QED) is 0.605. The molecule has 178 valence electrons. The van der Waals surface area contributed by atoms with Gasteiger partial charge in [-0.25, -0.2) is 4.79 Å². The maximum Gasteiger partial charge on any atom is 0.325 e. The molecule has 2 aromatic rings. The van der Waals surface area contributed by atoms with Crippen molar-refractivity contribution < 1.29 is 28.7 Å². The van der Waals surface area contributed by atoms with Crippen LogP contribution < -0.4 is 25.0 Å². The fourth-order valence-electron chi connectivity index (χ4n) is 4.17. The maximum atomic E-state index is 13.2. The molecule has 10 nitrogen and oxygen atoms in total. The summed E-state index contributed by atoms with van der Waals surface area (Å²) in [5.74, 6) is -0.0952. The Kier molecular flexibility index (Phi) is 6.14. The number of anilines is 2. The number of rotatable bonds is 7. The Morgan fingerprint density at radius 2 is 1.76 bits per heavy atom. The highest BCUT2D eigenvalue weighted by molar-refractivity contribution is 6.10. The molecular formula is C24H26N4O6. The Hall–Kier alpha value is -4.08. The van der Waals surface area contributed by atoms with Crippen molar-refractivity contribution in [2.24, 2.45) is 0 Å². The normalized spacial score (nSPS) is 19.9. The molecule has 2 aliphatic rings. The lowest BCUT2D eigenvalue weighted by Crippen LogP contribution is -2.42. The minimum atomic E-state index is -1.36. The van der Waals surface area contributed by atoms with Crippen molar-refractivity contribution in [2.75, 3.05) is 37.5 Å². The fraction of sp³-hybridized carbons (Fsp3) is 0.333. The second-order valence-electron chi connectivity index (χ2n) is 8.26. The Morgan fingerprint density at radius 1 is 1.06 bits per heavy atom. The molecule has 0 bridgehead atoms. The molecule has 0 aliphatic carbocycles. The Balaban J connectivity index is 1.44. The van der Waals surface area contributed by atoms with E-state index in [2.05, 4.69) is 10.6 Å². The van der Waals surface area contributed by atoms with Crippen LogP contribution >= 0.6 is 0 Å². The van der Waals surface area contributed by atoms with Crippen molar-refractivity contribution >= 4 is 35.1 Å². The Bertz CT molecular complexity index is 1150. The number of imide groups is 1. The molecule has 2 fully saturated rings. The summed E-state index contributed by atoms with van der Waals surface area (Å²) in [6.45, 7) is 1.81. The molecule has 0 unspecified atom stereocenters. The van der Waals surface area contributed by atoms with E-state index >= 15 is 0 Å². The standard InChI is InChI=1S/C24H26N4O6/c1-24(15-6-11-18(33-2)19(13-15)34-3)22(31)28(23(32)26-24)14-20(29)25-16-7-9-17(10-8-16)27-12-4-5-21(27)30/h6-11,13H,4-5,12,14H2,1-3H3,(H,25,29)(H,26,32)/t24-/m1/s1. The van der Waals surface area contributed by atoms with Crippen LogP contribution in [0.25, 0.3) is 0 Å². The molecule has 0 saturated carbocycles. The Morgan fingerprint density at radius 3 is 2.38 bits per heavy atom. The van der Waals surface area contributed by atoms with Gasteiger partial charge < -0.3 is 25.0 Å². The van der Waals surface area contributed by atoms with Gasteiger partial charge in [-0.15, -0.1) is 0 Å². The maximum absolute atomic E-state index is 13.2. The number of nitrogens with zero attached hydrogens (tertiary/aromatic N) is 2. The van der Waals surface area contributed by atoms with E-state index < -0.39 is 29.9 Å². The molecule has 0 radical (unpaired) electrons. The second-order valence-corrected chi connectivity index (χ2v) is 8.26. The van der Waals surface area contributed by atoms with Gasteiger partial charge in [0.15, 0.2) is 11.5 Å². The van der Waals surface area contributed by atoms with E-state index in [1.54, 1.807) is 54.3 Å². The van der Waals surface area contributed by atoms with Gasteiger partial charge in [-0.1, -0.05) is 6.07 Å². The van der Waals surface area contributed by atoms with Crippen molar-refractivity contribution in [3.8, 4) is 11.5 Å². The third-order valence-electron chi connectivity index (χ3n) is 6.07. The predicted molar refractivity (Wildman–Crippen MR) is 124 cm³/mol. The summed E-state index contributed by atoms with van der Waals surface area (Å²) in [5.41, 5.74) is 0.398. The van der Waals surface area contributed by atoms with Gasteiger partial charge in [0.1, 0.15) is 12.1 Å². The highest BCUT2D eigenvalue weighted by Crippen LogP contribution is 2.35. The average Bonchev–Trinajstić information content (AvgIpc) is 3.35. The van der Waals surface area contributed by atoms with Gasteiger partial charge in [-0.05, 0) is 55.3 Å². The number of nitrogens with one attached hydrogen (secondary N) is 2. The molecule has 2 heterocycles. The minimum Gasteiger partial charge on any atom is -0.493 e. The van der Waals surface area contributed by atoms with Gasteiger partial charge in [0.05, 0.1) is 14.2 Å². The predicted octanol–water partition coefficient (Wildman–Crippen LogP) is 2.24. The zero-order valence-electron chi connectivity index (χ0n) is 19.2. The minimum absolute atomic E-state index is 0.0767. The third-order valence-corrected chi connectivity index (χ3v) is 6.07. The molecule has 2 saturated heterocycles. The van der Waals surface area contributed by atoms with E-state index in [0.717, 1.165) is 17.0 Å². The van der Waals surface area contributed by atoms with Crippen molar-refractivity contribution in [1.82, 2.24) is 10.2 Å². The number of benzene rings is 2. The number of carbonyl (C=O) groups is 4. The van der Waals surface area contributed by atoms with Gasteiger partial charge in [-0.3, -0.25) is 19.3 Å². The summed E-state index contributed by atoms with van der Waals surface area (Å²) in [4.78, 5) is 52.8. The van der Waals surface area contributed by atoms with Crippen LogP contribution in [0.15, 0.2) is 42.5 Å². The fourth-order valence-corrected chi connectivity index (χ4v) is 4.17. The number of carbonyl (C=O) groups excluding carboxylic acids is 4. The van der Waals surface area contributed by atoms with Crippen LogP contribution in [0.5, 0.6) is 11.5 Å².